The molecular formula is C16H22ClNO2. The van der Waals surface area contributed by atoms with Crippen LogP contribution in [0.2, 0.25) is 0 Å². The van der Waals surface area contributed by atoms with Crippen LogP contribution in [0.15, 0.2) is 29.8 Å². The van der Waals surface area contributed by atoms with Crippen molar-refractivity contribution < 1.29 is 9.53 Å². The van der Waals surface area contributed by atoms with Gasteiger partial charge in [0.05, 0.1) is 7.11 Å². The molecule has 0 heterocycles. The molecule has 1 unspecified atom stereocenters. The second kappa shape index (κ2) is 7.46. The quantitative estimate of drug-likeness (QED) is 0.800. The second-order valence-corrected chi connectivity index (χ2v) is 5.31. The van der Waals surface area contributed by atoms with Crippen LogP contribution in [0, 0.1) is 5.92 Å². The van der Waals surface area contributed by atoms with Gasteiger partial charge in [0.2, 0.25) is 0 Å². The minimum Gasteiger partial charge on any atom is -0.497 e. The maximum absolute atomic E-state index is 12.3. The predicted octanol–water partition coefficient (Wildman–Crippen LogP) is 3.04. The smallest absolute Gasteiger partial charge is 0.163 e. The second-order valence-electron chi connectivity index (χ2n) is 5.31. The number of carbonyl (C=O) groups excluding carboxylic acids is 1. The Hall–Kier alpha value is -1.32. The van der Waals surface area contributed by atoms with E-state index < -0.39 is 0 Å². The number of nitrogens with zero attached hydrogens (tertiary/aromatic N) is 1. The molecule has 20 heavy (non-hydrogen) atoms. The summed E-state index contributed by atoms with van der Waals surface area (Å²) < 4.78 is 5.20. The first-order valence-corrected chi connectivity index (χ1v) is 6.63. The summed E-state index contributed by atoms with van der Waals surface area (Å²) in [5, 5.41) is 0. The lowest BCUT2D eigenvalue weighted by Crippen LogP contribution is -2.24. The number of hydrogen-bond acceptors (Lipinski definition) is 3. The summed E-state index contributed by atoms with van der Waals surface area (Å²) in [6.45, 7) is 0.842. The van der Waals surface area contributed by atoms with Gasteiger partial charge in [-0.2, -0.15) is 0 Å². The maximum atomic E-state index is 12.3. The standard InChI is InChI=1S/C16H21NO2.ClH/c1-17(2)11-14-8-7-13(16(14)18)9-12-5-4-6-15(10-12)19-3;/h4-6,9-10,14H,7-8,11H2,1-3H3;1H. The third-order valence-corrected chi connectivity index (χ3v) is 3.47. The summed E-state index contributed by atoms with van der Waals surface area (Å²) in [5.74, 6) is 1.29. The van der Waals surface area contributed by atoms with Gasteiger partial charge in [0, 0.05) is 12.5 Å². The Kier molecular flexibility index (Phi) is 6.24. The molecule has 1 saturated carbocycles. The SMILES string of the molecule is COc1cccc(C=C2CCC(CN(C)C)C2=O)c1.Cl. The molecule has 3 nitrogen and oxygen atoms in total. The van der Waals surface area contributed by atoms with Crippen LogP contribution in [0.5, 0.6) is 5.75 Å². The zero-order valence-electron chi connectivity index (χ0n) is 12.3. The molecule has 1 atom stereocenters. The fraction of sp³-hybridized carbons (Fsp3) is 0.438. The molecule has 1 aromatic rings. The monoisotopic (exact) mass is 295 g/mol. The number of carbonyl (C=O) groups is 1. The molecule has 110 valence electrons. The van der Waals surface area contributed by atoms with Gasteiger partial charge in [0.25, 0.3) is 0 Å². The normalized spacial score (nSPS) is 20.3. The number of Topliss-reactive ketones (excluding diaryl/α,β-unsaturated/α-hetero) is 1. The van der Waals surface area contributed by atoms with Gasteiger partial charge in [-0.25, -0.2) is 0 Å². The van der Waals surface area contributed by atoms with Gasteiger partial charge in [0.15, 0.2) is 5.78 Å². The van der Waals surface area contributed by atoms with Gasteiger partial charge in [-0.1, -0.05) is 12.1 Å². The fourth-order valence-corrected chi connectivity index (χ4v) is 2.54. The lowest BCUT2D eigenvalue weighted by molar-refractivity contribution is -0.118. The van der Waals surface area contributed by atoms with E-state index in [1.165, 1.54) is 0 Å². The Bertz CT molecular complexity index is 497. The first-order valence-electron chi connectivity index (χ1n) is 6.63. The van der Waals surface area contributed by atoms with Crippen molar-refractivity contribution in [3.05, 3.63) is 35.4 Å². The maximum Gasteiger partial charge on any atom is 0.163 e. The van der Waals surface area contributed by atoms with Crippen LogP contribution in [0.4, 0.5) is 0 Å². The summed E-state index contributed by atoms with van der Waals surface area (Å²) in [5.41, 5.74) is 1.98. The van der Waals surface area contributed by atoms with Crippen molar-refractivity contribution in [2.24, 2.45) is 5.92 Å². The number of hydrogen-bond donors (Lipinski definition) is 0. The summed E-state index contributed by atoms with van der Waals surface area (Å²) in [4.78, 5) is 14.4. The molecule has 0 amide bonds. The number of ketones is 1. The highest BCUT2D eigenvalue weighted by molar-refractivity contribution is 6.03. The lowest BCUT2D eigenvalue weighted by atomic mass is 10.0. The van der Waals surface area contributed by atoms with Crippen LogP contribution in [-0.2, 0) is 4.79 Å². The summed E-state index contributed by atoms with van der Waals surface area (Å²) in [6, 6.07) is 7.82. The first kappa shape index (κ1) is 16.7. The van der Waals surface area contributed by atoms with Crippen molar-refractivity contribution in [1.29, 1.82) is 0 Å². The Balaban J connectivity index is 0.00000200. The van der Waals surface area contributed by atoms with E-state index in [0.717, 1.165) is 36.3 Å². The molecule has 0 aromatic heterocycles. The number of rotatable bonds is 4. The minimum absolute atomic E-state index is 0. The highest BCUT2D eigenvalue weighted by Gasteiger charge is 2.29. The highest BCUT2D eigenvalue weighted by atomic mass is 35.5. The van der Waals surface area contributed by atoms with Crippen molar-refractivity contribution in [1.82, 2.24) is 4.90 Å². The number of benzene rings is 1. The van der Waals surface area contributed by atoms with Crippen molar-refractivity contribution in [2.75, 3.05) is 27.7 Å². The number of allylic oxidation sites excluding steroid dienone is 1. The van der Waals surface area contributed by atoms with E-state index in [-0.39, 0.29) is 18.3 Å². The molecule has 1 aromatic carbocycles. The fourth-order valence-electron chi connectivity index (χ4n) is 2.54. The van der Waals surface area contributed by atoms with Gasteiger partial charge in [-0.05, 0) is 56.3 Å². The molecule has 1 fully saturated rings. The third kappa shape index (κ3) is 4.09. The largest absolute Gasteiger partial charge is 0.497 e. The zero-order chi connectivity index (χ0) is 13.8. The third-order valence-electron chi connectivity index (χ3n) is 3.47. The molecule has 2 rings (SSSR count). The first-order chi connectivity index (χ1) is 9.10. The van der Waals surface area contributed by atoms with E-state index in [4.69, 9.17) is 4.74 Å². The molecule has 0 N–H and O–H groups in total. The van der Waals surface area contributed by atoms with E-state index >= 15 is 0 Å². The van der Waals surface area contributed by atoms with Crippen molar-refractivity contribution >= 4 is 24.3 Å². The van der Waals surface area contributed by atoms with Crippen LogP contribution in [0.1, 0.15) is 18.4 Å². The number of halogens is 1. The summed E-state index contributed by atoms with van der Waals surface area (Å²) in [7, 11) is 5.67. The van der Waals surface area contributed by atoms with Crippen LogP contribution in [0.25, 0.3) is 6.08 Å². The lowest BCUT2D eigenvalue weighted by Gasteiger charge is -2.13. The predicted molar refractivity (Wildman–Crippen MR) is 84.5 cm³/mol. The van der Waals surface area contributed by atoms with E-state index in [0.29, 0.717) is 5.78 Å². The Morgan fingerprint density at radius 2 is 2.15 bits per heavy atom. The van der Waals surface area contributed by atoms with Gasteiger partial charge in [-0.3, -0.25) is 4.79 Å². The van der Waals surface area contributed by atoms with Gasteiger partial charge < -0.3 is 9.64 Å². The van der Waals surface area contributed by atoms with Crippen LogP contribution < -0.4 is 4.74 Å². The molecule has 4 heteroatoms. The van der Waals surface area contributed by atoms with E-state index in [1.807, 2.05) is 44.4 Å². The van der Waals surface area contributed by atoms with Crippen molar-refractivity contribution in [3.8, 4) is 5.75 Å². The molecule has 1 aliphatic rings. The van der Waals surface area contributed by atoms with Crippen LogP contribution >= 0.6 is 12.4 Å². The van der Waals surface area contributed by atoms with Crippen LogP contribution in [-0.4, -0.2) is 38.4 Å². The van der Waals surface area contributed by atoms with Gasteiger partial charge in [0.1, 0.15) is 5.75 Å². The highest BCUT2D eigenvalue weighted by Crippen LogP contribution is 2.29. The molecule has 0 saturated heterocycles. The summed E-state index contributed by atoms with van der Waals surface area (Å²) >= 11 is 0. The Morgan fingerprint density at radius 3 is 2.80 bits per heavy atom. The molecule has 0 bridgehead atoms. The molecule has 0 aliphatic heterocycles. The summed E-state index contributed by atoms with van der Waals surface area (Å²) in [6.07, 6.45) is 3.85. The number of methoxy groups -OCH3 is 1. The molecule has 1 aliphatic carbocycles. The van der Waals surface area contributed by atoms with Crippen LogP contribution in [0.3, 0.4) is 0 Å². The van der Waals surface area contributed by atoms with Gasteiger partial charge >= 0.3 is 0 Å². The zero-order valence-corrected chi connectivity index (χ0v) is 13.1. The van der Waals surface area contributed by atoms with E-state index in [1.54, 1.807) is 7.11 Å². The average Bonchev–Trinajstić information content (AvgIpc) is 2.71. The van der Waals surface area contributed by atoms with Crippen molar-refractivity contribution in [2.45, 2.75) is 12.8 Å². The van der Waals surface area contributed by atoms with Gasteiger partial charge in [-0.15, -0.1) is 12.4 Å². The topological polar surface area (TPSA) is 29.5 Å². The average molecular weight is 296 g/mol. The molecule has 0 radical (unpaired) electrons. The minimum atomic E-state index is 0. The molecule has 0 spiro atoms. The van der Waals surface area contributed by atoms with E-state index in [2.05, 4.69) is 4.90 Å². The van der Waals surface area contributed by atoms with Crippen molar-refractivity contribution in [3.63, 3.8) is 0 Å². The number of ether oxygens (including phenoxy) is 1. The van der Waals surface area contributed by atoms with E-state index in [9.17, 15) is 4.79 Å². The Labute approximate surface area is 127 Å². The molecular weight excluding hydrogens is 274 g/mol. The Morgan fingerprint density at radius 1 is 1.40 bits per heavy atom.